The van der Waals surface area contributed by atoms with Crippen molar-refractivity contribution in [2.45, 2.75) is 25.7 Å². The molecule has 2 rings (SSSR count). The van der Waals surface area contributed by atoms with Crippen molar-refractivity contribution in [3.8, 4) is 0 Å². The van der Waals surface area contributed by atoms with Crippen LogP contribution in [0.3, 0.4) is 0 Å². The van der Waals surface area contributed by atoms with Gasteiger partial charge in [-0.15, -0.1) is 0 Å². The van der Waals surface area contributed by atoms with E-state index in [0.29, 0.717) is 10.8 Å². The maximum atomic E-state index is 12.3. The van der Waals surface area contributed by atoms with Gasteiger partial charge in [0.2, 0.25) is 5.91 Å². The maximum absolute atomic E-state index is 12.3. The Morgan fingerprint density at radius 3 is 2.71 bits per heavy atom. The van der Waals surface area contributed by atoms with Crippen LogP contribution in [0, 0.1) is 5.41 Å². The van der Waals surface area contributed by atoms with Gasteiger partial charge in [0.25, 0.3) is 0 Å². The molecule has 1 aromatic heterocycles. The SMILES string of the molecule is Cn1ccc(NC(=O)C2(C(N)=S)CCCC2)n1. The molecule has 1 fully saturated rings. The fourth-order valence-electron chi connectivity index (χ4n) is 2.28. The zero-order valence-electron chi connectivity index (χ0n) is 9.77. The summed E-state index contributed by atoms with van der Waals surface area (Å²) in [6, 6.07) is 1.75. The van der Waals surface area contributed by atoms with Crippen molar-refractivity contribution in [2.75, 3.05) is 5.32 Å². The normalized spacial score (nSPS) is 17.9. The number of anilines is 1. The number of hydrogen-bond donors (Lipinski definition) is 2. The standard InChI is InChI=1S/C11H16N4OS/c1-15-7-4-8(14-15)13-10(16)11(9(12)17)5-2-3-6-11/h4,7H,2-3,5-6H2,1H3,(H2,12,17)(H,13,14,16). The van der Waals surface area contributed by atoms with Crippen molar-refractivity contribution in [3.05, 3.63) is 12.3 Å². The Morgan fingerprint density at radius 2 is 2.24 bits per heavy atom. The zero-order chi connectivity index (χ0) is 12.5. The van der Waals surface area contributed by atoms with Gasteiger partial charge in [-0.1, -0.05) is 25.1 Å². The Hall–Kier alpha value is -1.43. The van der Waals surface area contributed by atoms with E-state index in [-0.39, 0.29) is 5.91 Å². The van der Waals surface area contributed by atoms with Crippen molar-refractivity contribution >= 4 is 28.9 Å². The first-order chi connectivity index (χ1) is 8.04. The molecule has 0 unspecified atom stereocenters. The van der Waals surface area contributed by atoms with Crippen LogP contribution in [-0.4, -0.2) is 20.7 Å². The van der Waals surface area contributed by atoms with Gasteiger partial charge >= 0.3 is 0 Å². The number of nitrogens with two attached hydrogens (primary N) is 1. The van der Waals surface area contributed by atoms with Crippen molar-refractivity contribution < 1.29 is 4.79 Å². The molecule has 1 aliphatic carbocycles. The lowest BCUT2D eigenvalue weighted by molar-refractivity contribution is -0.122. The molecule has 6 heteroatoms. The molecular formula is C11H16N4OS. The second kappa shape index (κ2) is 4.44. The lowest BCUT2D eigenvalue weighted by Crippen LogP contribution is -2.44. The highest BCUT2D eigenvalue weighted by Gasteiger charge is 2.44. The fourth-order valence-corrected chi connectivity index (χ4v) is 2.58. The molecule has 0 bridgehead atoms. The van der Waals surface area contributed by atoms with Gasteiger partial charge in [-0.2, -0.15) is 5.10 Å². The summed E-state index contributed by atoms with van der Waals surface area (Å²) in [5, 5.41) is 6.90. The summed E-state index contributed by atoms with van der Waals surface area (Å²) in [7, 11) is 1.80. The first-order valence-electron chi connectivity index (χ1n) is 5.66. The third-order valence-corrected chi connectivity index (χ3v) is 3.71. The minimum Gasteiger partial charge on any atom is -0.392 e. The second-order valence-electron chi connectivity index (χ2n) is 4.48. The molecule has 3 N–H and O–H groups in total. The van der Waals surface area contributed by atoms with Crippen LogP contribution in [0.4, 0.5) is 5.82 Å². The van der Waals surface area contributed by atoms with E-state index in [1.54, 1.807) is 24.0 Å². The third kappa shape index (κ3) is 2.17. The lowest BCUT2D eigenvalue weighted by Gasteiger charge is -2.25. The van der Waals surface area contributed by atoms with Gasteiger partial charge in [0.15, 0.2) is 5.82 Å². The highest BCUT2D eigenvalue weighted by atomic mass is 32.1. The Bertz CT molecular complexity index is 448. The molecule has 0 aliphatic heterocycles. The zero-order valence-corrected chi connectivity index (χ0v) is 10.6. The third-order valence-electron chi connectivity index (χ3n) is 3.32. The molecule has 1 saturated carbocycles. The minimum atomic E-state index is -0.674. The van der Waals surface area contributed by atoms with Crippen LogP contribution < -0.4 is 11.1 Å². The van der Waals surface area contributed by atoms with Crippen LogP contribution in [-0.2, 0) is 11.8 Å². The van der Waals surface area contributed by atoms with Gasteiger partial charge in [-0.3, -0.25) is 9.48 Å². The second-order valence-corrected chi connectivity index (χ2v) is 4.92. The van der Waals surface area contributed by atoms with Crippen LogP contribution in [0.15, 0.2) is 12.3 Å². The van der Waals surface area contributed by atoms with Gasteiger partial charge in [-0.05, 0) is 12.8 Å². The summed E-state index contributed by atoms with van der Waals surface area (Å²) in [5.41, 5.74) is 5.06. The Kier molecular flexibility index (Phi) is 3.15. The molecule has 0 atom stereocenters. The molecular weight excluding hydrogens is 236 g/mol. The van der Waals surface area contributed by atoms with E-state index in [9.17, 15) is 4.79 Å². The quantitative estimate of drug-likeness (QED) is 0.793. The predicted octanol–water partition coefficient (Wildman–Crippen LogP) is 1.21. The van der Waals surface area contributed by atoms with Crippen molar-refractivity contribution in [3.63, 3.8) is 0 Å². The van der Waals surface area contributed by atoms with Gasteiger partial charge < -0.3 is 11.1 Å². The van der Waals surface area contributed by atoms with Crippen LogP contribution in [0.5, 0.6) is 0 Å². The highest BCUT2D eigenvalue weighted by Crippen LogP contribution is 2.39. The summed E-state index contributed by atoms with van der Waals surface area (Å²) in [4.78, 5) is 12.6. The van der Waals surface area contributed by atoms with E-state index < -0.39 is 5.41 Å². The van der Waals surface area contributed by atoms with Crippen LogP contribution >= 0.6 is 12.2 Å². The number of rotatable bonds is 3. The number of aromatic nitrogens is 2. The van der Waals surface area contributed by atoms with E-state index in [1.807, 2.05) is 0 Å². The van der Waals surface area contributed by atoms with Crippen molar-refractivity contribution in [1.82, 2.24) is 9.78 Å². The number of nitrogens with one attached hydrogen (secondary N) is 1. The van der Waals surface area contributed by atoms with Crippen LogP contribution in [0.25, 0.3) is 0 Å². The molecule has 0 spiro atoms. The smallest absolute Gasteiger partial charge is 0.238 e. The summed E-state index contributed by atoms with van der Waals surface area (Å²) in [6.07, 6.45) is 5.24. The molecule has 0 saturated heterocycles. The molecule has 1 aliphatic rings. The molecule has 0 radical (unpaired) electrons. The number of carbonyl (C=O) groups excluding carboxylic acids is 1. The highest BCUT2D eigenvalue weighted by molar-refractivity contribution is 7.80. The number of thiocarbonyl (C=S) groups is 1. The number of aryl methyl sites for hydroxylation is 1. The van der Waals surface area contributed by atoms with Crippen LogP contribution in [0.1, 0.15) is 25.7 Å². The fraction of sp³-hybridized carbons (Fsp3) is 0.545. The van der Waals surface area contributed by atoms with E-state index in [2.05, 4.69) is 10.4 Å². The van der Waals surface area contributed by atoms with Gasteiger partial charge in [-0.25, -0.2) is 0 Å². The largest absolute Gasteiger partial charge is 0.392 e. The summed E-state index contributed by atoms with van der Waals surface area (Å²) in [5.74, 6) is 0.418. The molecule has 17 heavy (non-hydrogen) atoms. The Labute approximate surface area is 105 Å². The number of nitrogens with zero attached hydrogens (tertiary/aromatic N) is 2. The molecule has 1 aromatic rings. The molecule has 0 aromatic carbocycles. The van der Waals surface area contributed by atoms with E-state index in [0.717, 1.165) is 25.7 Å². The molecule has 5 nitrogen and oxygen atoms in total. The van der Waals surface area contributed by atoms with Crippen molar-refractivity contribution in [2.24, 2.45) is 18.2 Å². The first-order valence-corrected chi connectivity index (χ1v) is 6.06. The van der Waals surface area contributed by atoms with E-state index >= 15 is 0 Å². The van der Waals surface area contributed by atoms with Gasteiger partial charge in [0, 0.05) is 19.3 Å². The summed E-state index contributed by atoms with van der Waals surface area (Å²) in [6.45, 7) is 0. The van der Waals surface area contributed by atoms with Crippen molar-refractivity contribution in [1.29, 1.82) is 0 Å². The Balaban J connectivity index is 2.15. The monoisotopic (exact) mass is 252 g/mol. The maximum Gasteiger partial charge on any atom is 0.238 e. The molecule has 1 heterocycles. The Morgan fingerprint density at radius 1 is 1.59 bits per heavy atom. The average Bonchev–Trinajstić information content (AvgIpc) is 2.87. The number of carbonyl (C=O) groups is 1. The van der Waals surface area contributed by atoms with Gasteiger partial charge in [0.05, 0.1) is 10.4 Å². The first kappa shape index (κ1) is 12.0. The number of hydrogen-bond acceptors (Lipinski definition) is 3. The molecule has 92 valence electrons. The average molecular weight is 252 g/mol. The summed E-state index contributed by atoms with van der Waals surface area (Å²) < 4.78 is 1.64. The van der Waals surface area contributed by atoms with Crippen LogP contribution in [0.2, 0.25) is 0 Å². The van der Waals surface area contributed by atoms with E-state index in [1.165, 1.54) is 0 Å². The van der Waals surface area contributed by atoms with E-state index in [4.69, 9.17) is 18.0 Å². The van der Waals surface area contributed by atoms with Gasteiger partial charge in [0.1, 0.15) is 0 Å². The number of amides is 1. The minimum absolute atomic E-state index is 0.124. The summed E-state index contributed by atoms with van der Waals surface area (Å²) >= 11 is 5.06. The predicted molar refractivity (Wildman–Crippen MR) is 69.5 cm³/mol. The lowest BCUT2D eigenvalue weighted by atomic mass is 9.85. The topological polar surface area (TPSA) is 72.9 Å². The molecule has 1 amide bonds.